The van der Waals surface area contributed by atoms with E-state index >= 15 is 0 Å². The molecule has 3 rings (SSSR count). The standard InChI is InChI=1S/C21H20O8/c1-11(22)28-20-18(26-4)10-17-19(21(20)27-5)13(23)9-15(29-17)12-6-7-14(24-2)16(8-12)25-3/h6-10H,1-5H3. The predicted octanol–water partition coefficient (Wildman–Crippen LogP) is 3.42. The van der Waals surface area contributed by atoms with Crippen molar-refractivity contribution in [3.63, 3.8) is 0 Å². The molecule has 8 nitrogen and oxygen atoms in total. The lowest BCUT2D eigenvalue weighted by molar-refractivity contribution is -0.132. The largest absolute Gasteiger partial charge is 0.493 e. The van der Waals surface area contributed by atoms with Gasteiger partial charge >= 0.3 is 5.97 Å². The van der Waals surface area contributed by atoms with Crippen LogP contribution in [-0.2, 0) is 4.79 Å². The van der Waals surface area contributed by atoms with Crippen LogP contribution in [0.3, 0.4) is 0 Å². The van der Waals surface area contributed by atoms with Gasteiger partial charge in [0.25, 0.3) is 0 Å². The van der Waals surface area contributed by atoms with Gasteiger partial charge in [-0.05, 0) is 18.2 Å². The van der Waals surface area contributed by atoms with Crippen molar-refractivity contribution in [3.8, 4) is 40.1 Å². The van der Waals surface area contributed by atoms with Crippen molar-refractivity contribution in [2.24, 2.45) is 0 Å². The predicted molar refractivity (Wildman–Crippen MR) is 105 cm³/mol. The van der Waals surface area contributed by atoms with Crippen LogP contribution in [0.2, 0.25) is 0 Å². The molecule has 0 bridgehead atoms. The highest BCUT2D eigenvalue weighted by atomic mass is 16.6. The van der Waals surface area contributed by atoms with E-state index in [1.165, 1.54) is 47.5 Å². The number of carbonyl (C=O) groups is 1. The van der Waals surface area contributed by atoms with Crippen LogP contribution in [0.5, 0.6) is 28.7 Å². The number of fused-ring (bicyclic) bond motifs is 1. The van der Waals surface area contributed by atoms with Gasteiger partial charge < -0.3 is 28.1 Å². The number of esters is 1. The number of hydrogen-bond acceptors (Lipinski definition) is 8. The summed E-state index contributed by atoms with van der Waals surface area (Å²) >= 11 is 0. The zero-order valence-corrected chi connectivity index (χ0v) is 16.7. The second-order valence-corrected chi connectivity index (χ2v) is 5.95. The molecule has 0 aliphatic carbocycles. The molecule has 1 aromatic heterocycles. The molecule has 0 N–H and O–H groups in total. The molecular weight excluding hydrogens is 380 g/mol. The van der Waals surface area contributed by atoms with Crippen molar-refractivity contribution < 1.29 is 32.9 Å². The van der Waals surface area contributed by atoms with Gasteiger partial charge in [0.15, 0.2) is 28.4 Å². The van der Waals surface area contributed by atoms with Gasteiger partial charge in [-0.1, -0.05) is 0 Å². The molecule has 0 aliphatic heterocycles. The monoisotopic (exact) mass is 400 g/mol. The van der Waals surface area contributed by atoms with Gasteiger partial charge in [-0.2, -0.15) is 0 Å². The minimum Gasteiger partial charge on any atom is -0.493 e. The van der Waals surface area contributed by atoms with Gasteiger partial charge in [0, 0.05) is 24.6 Å². The molecule has 3 aromatic rings. The van der Waals surface area contributed by atoms with E-state index in [0.717, 1.165) is 0 Å². The van der Waals surface area contributed by atoms with Gasteiger partial charge in [0.05, 0.1) is 28.4 Å². The second-order valence-electron chi connectivity index (χ2n) is 5.95. The Labute approximate surface area is 166 Å². The Morgan fingerprint density at radius 1 is 0.828 bits per heavy atom. The summed E-state index contributed by atoms with van der Waals surface area (Å²) in [7, 11) is 5.82. The molecule has 0 saturated carbocycles. The third-order valence-electron chi connectivity index (χ3n) is 4.23. The van der Waals surface area contributed by atoms with Gasteiger partial charge in [-0.3, -0.25) is 9.59 Å². The molecule has 0 unspecified atom stereocenters. The first-order chi connectivity index (χ1) is 13.9. The fourth-order valence-corrected chi connectivity index (χ4v) is 2.97. The Morgan fingerprint density at radius 3 is 2.10 bits per heavy atom. The van der Waals surface area contributed by atoms with E-state index in [-0.39, 0.29) is 33.6 Å². The first-order valence-electron chi connectivity index (χ1n) is 8.57. The molecule has 0 spiro atoms. The molecule has 1 heterocycles. The highest BCUT2D eigenvalue weighted by molar-refractivity contribution is 5.91. The fraction of sp³-hybridized carbons (Fsp3) is 0.238. The molecule has 29 heavy (non-hydrogen) atoms. The second kappa shape index (κ2) is 8.14. The first kappa shape index (κ1) is 20.1. The van der Waals surface area contributed by atoms with Crippen molar-refractivity contribution in [2.75, 3.05) is 28.4 Å². The molecule has 152 valence electrons. The quantitative estimate of drug-likeness (QED) is 0.459. The minimum atomic E-state index is -0.577. The fourth-order valence-electron chi connectivity index (χ4n) is 2.97. The van der Waals surface area contributed by atoms with Crippen LogP contribution < -0.4 is 29.1 Å². The average molecular weight is 400 g/mol. The Morgan fingerprint density at radius 2 is 1.52 bits per heavy atom. The molecule has 0 atom stereocenters. The van der Waals surface area contributed by atoms with Crippen molar-refractivity contribution in [2.45, 2.75) is 6.92 Å². The molecular formula is C21H20O8. The van der Waals surface area contributed by atoms with E-state index in [1.54, 1.807) is 18.2 Å². The minimum absolute atomic E-state index is 0.0150. The number of hydrogen-bond donors (Lipinski definition) is 0. The van der Waals surface area contributed by atoms with Crippen LogP contribution in [0.15, 0.2) is 39.5 Å². The van der Waals surface area contributed by atoms with Crippen LogP contribution in [0.4, 0.5) is 0 Å². The molecule has 0 saturated heterocycles. The van der Waals surface area contributed by atoms with Crippen LogP contribution in [0, 0.1) is 0 Å². The number of carbonyl (C=O) groups excluding carboxylic acids is 1. The first-order valence-corrected chi connectivity index (χ1v) is 8.57. The summed E-state index contributed by atoms with van der Waals surface area (Å²) in [6.07, 6.45) is 0. The molecule has 0 radical (unpaired) electrons. The Bertz CT molecular complexity index is 1130. The Hall–Kier alpha value is -3.68. The number of benzene rings is 2. The topological polar surface area (TPSA) is 93.4 Å². The van der Waals surface area contributed by atoms with Crippen LogP contribution in [0.25, 0.3) is 22.3 Å². The SMILES string of the molecule is COc1ccc(-c2cc(=O)c3c(OC)c(OC(C)=O)c(OC)cc3o2)cc1OC. The smallest absolute Gasteiger partial charge is 0.308 e. The lowest BCUT2D eigenvalue weighted by Crippen LogP contribution is -2.08. The van der Waals surface area contributed by atoms with Gasteiger partial charge in [0.1, 0.15) is 16.7 Å². The maximum Gasteiger partial charge on any atom is 0.308 e. The third-order valence-corrected chi connectivity index (χ3v) is 4.23. The maximum absolute atomic E-state index is 12.9. The molecule has 8 heteroatoms. The zero-order valence-electron chi connectivity index (χ0n) is 16.7. The summed E-state index contributed by atoms with van der Waals surface area (Å²) < 4.78 is 32.3. The van der Waals surface area contributed by atoms with E-state index in [9.17, 15) is 9.59 Å². The number of methoxy groups -OCH3 is 4. The van der Waals surface area contributed by atoms with E-state index < -0.39 is 5.97 Å². The van der Waals surface area contributed by atoms with Gasteiger partial charge in [0.2, 0.25) is 5.75 Å². The Kier molecular flexibility index (Phi) is 5.63. The number of ether oxygens (including phenoxy) is 5. The molecule has 0 aliphatic rings. The molecule has 0 amide bonds. The summed E-state index contributed by atoms with van der Waals surface area (Å²) in [5.74, 6) is 1.04. The van der Waals surface area contributed by atoms with Crippen molar-refractivity contribution in [1.82, 2.24) is 0 Å². The average Bonchev–Trinajstić information content (AvgIpc) is 2.72. The van der Waals surface area contributed by atoms with Crippen molar-refractivity contribution >= 4 is 16.9 Å². The van der Waals surface area contributed by atoms with E-state index in [0.29, 0.717) is 22.8 Å². The third kappa shape index (κ3) is 3.69. The summed E-state index contributed by atoms with van der Waals surface area (Å²) in [4.78, 5) is 24.4. The zero-order chi connectivity index (χ0) is 21.1. The highest BCUT2D eigenvalue weighted by Gasteiger charge is 2.22. The van der Waals surface area contributed by atoms with Gasteiger partial charge in [-0.15, -0.1) is 0 Å². The summed E-state index contributed by atoms with van der Waals surface area (Å²) in [5, 5.41) is 0.133. The molecule has 0 fully saturated rings. The van der Waals surface area contributed by atoms with Crippen LogP contribution in [0.1, 0.15) is 6.92 Å². The summed E-state index contributed by atoms with van der Waals surface area (Å²) in [6.45, 7) is 1.24. The van der Waals surface area contributed by atoms with E-state index in [2.05, 4.69) is 0 Å². The lowest BCUT2D eigenvalue weighted by Gasteiger charge is -2.15. The number of rotatable bonds is 6. The molecule has 2 aromatic carbocycles. The maximum atomic E-state index is 12.9. The highest BCUT2D eigenvalue weighted by Crippen LogP contribution is 2.43. The van der Waals surface area contributed by atoms with Crippen molar-refractivity contribution in [1.29, 1.82) is 0 Å². The summed E-state index contributed by atoms with van der Waals surface area (Å²) in [5.41, 5.74) is 0.458. The Balaban J connectivity index is 2.27. The van der Waals surface area contributed by atoms with Crippen LogP contribution in [-0.4, -0.2) is 34.4 Å². The van der Waals surface area contributed by atoms with Crippen molar-refractivity contribution in [3.05, 3.63) is 40.6 Å². The lowest BCUT2D eigenvalue weighted by atomic mass is 10.1. The van der Waals surface area contributed by atoms with E-state index in [4.69, 9.17) is 28.1 Å². The normalized spacial score (nSPS) is 10.5. The van der Waals surface area contributed by atoms with Gasteiger partial charge in [-0.25, -0.2) is 0 Å². The summed E-state index contributed by atoms with van der Waals surface area (Å²) in [6, 6.07) is 7.96. The van der Waals surface area contributed by atoms with Crippen LogP contribution >= 0.6 is 0 Å². The van der Waals surface area contributed by atoms with E-state index in [1.807, 2.05) is 0 Å².